The molecule has 3 N–H and O–H groups in total. The summed E-state index contributed by atoms with van der Waals surface area (Å²) in [5, 5.41) is 2.53. The molecule has 0 saturated heterocycles. The molecule has 0 radical (unpaired) electrons. The standard InChI is InChI=1S/C19H28N2O5/c1-19(2,3)26-18(24)21-15(13-22)10-7-11-16(25-17(20)23)12-14-8-5-4-6-9-14/h4-6,8-9,13,15-16H,7,10-12H2,1-3H3,(H2,20,23)(H,21,24). The number of amides is 2. The van der Waals surface area contributed by atoms with Gasteiger partial charge in [0.05, 0.1) is 6.04 Å². The Kier molecular flexibility index (Phi) is 8.61. The first-order chi connectivity index (χ1) is 12.2. The summed E-state index contributed by atoms with van der Waals surface area (Å²) in [6.45, 7) is 5.24. The molecule has 2 amide bonds. The fourth-order valence-corrected chi connectivity index (χ4v) is 2.44. The van der Waals surface area contributed by atoms with Gasteiger partial charge in [0, 0.05) is 6.42 Å². The van der Waals surface area contributed by atoms with Gasteiger partial charge in [0.1, 0.15) is 18.0 Å². The normalized spacial score (nSPS) is 13.3. The van der Waals surface area contributed by atoms with Gasteiger partial charge in [-0.05, 0) is 45.6 Å². The lowest BCUT2D eigenvalue weighted by molar-refractivity contribution is -0.109. The predicted molar refractivity (Wildman–Crippen MR) is 97.7 cm³/mol. The zero-order valence-corrected chi connectivity index (χ0v) is 15.6. The second-order valence-electron chi connectivity index (χ2n) is 7.07. The smallest absolute Gasteiger partial charge is 0.408 e. The van der Waals surface area contributed by atoms with Crippen LogP contribution >= 0.6 is 0 Å². The Hall–Kier alpha value is -2.57. The number of rotatable bonds is 9. The molecule has 0 aliphatic heterocycles. The summed E-state index contributed by atoms with van der Waals surface area (Å²) in [6.07, 6.45) is 0.871. The minimum atomic E-state index is -0.829. The maximum absolute atomic E-state index is 11.7. The van der Waals surface area contributed by atoms with Crippen molar-refractivity contribution in [3.05, 3.63) is 35.9 Å². The topological polar surface area (TPSA) is 108 Å². The van der Waals surface area contributed by atoms with E-state index in [2.05, 4.69) is 5.32 Å². The number of alkyl carbamates (subject to hydrolysis) is 1. The van der Waals surface area contributed by atoms with Gasteiger partial charge in [0.15, 0.2) is 0 Å². The van der Waals surface area contributed by atoms with E-state index in [4.69, 9.17) is 15.2 Å². The van der Waals surface area contributed by atoms with Gasteiger partial charge in [-0.3, -0.25) is 0 Å². The Labute approximate surface area is 154 Å². The SMILES string of the molecule is CC(C)(C)OC(=O)NC(C=O)CCCC(Cc1ccccc1)OC(N)=O. The monoisotopic (exact) mass is 364 g/mol. The number of hydrogen-bond donors (Lipinski definition) is 2. The Morgan fingerprint density at radius 3 is 2.38 bits per heavy atom. The van der Waals surface area contributed by atoms with Gasteiger partial charge >= 0.3 is 12.2 Å². The highest BCUT2D eigenvalue weighted by Crippen LogP contribution is 2.14. The van der Waals surface area contributed by atoms with Crippen molar-refractivity contribution in [3.8, 4) is 0 Å². The third kappa shape index (κ3) is 9.66. The maximum atomic E-state index is 11.7. The van der Waals surface area contributed by atoms with Crippen LogP contribution < -0.4 is 11.1 Å². The van der Waals surface area contributed by atoms with Gasteiger partial charge in [-0.15, -0.1) is 0 Å². The van der Waals surface area contributed by atoms with Crippen LogP contribution in [0.15, 0.2) is 30.3 Å². The van der Waals surface area contributed by atoms with Gasteiger partial charge in [0.2, 0.25) is 0 Å². The highest BCUT2D eigenvalue weighted by molar-refractivity contribution is 5.73. The van der Waals surface area contributed by atoms with Crippen molar-refractivity contribution in [2.24, 2.45) is 5.73 Å². The molecule has 7 heteroatoms. The molecule has 0 heterocycles. The van der Waals surface area contributed by atoms with Crippen molar-refractivity contribution in [3.63, 3.8) is 0 Å². The summed E-state index contributed by atoms with van der Waals surface area (Å²) in [7, 11) is 0. The van der Waals surface area contributed by atoms with Crippen molar-refractivity contribution in [1.29, 1.82) is 0 Å². The van der Waals surface area contributed by atoms with Crippen LogP contribution in [-0.2, 0) is 20.7 Å². The Balaban J connectivity index is 2.49. The van der Waals surface area contributed by atoms with Crippen LogP contribution in [0.2, 0.25) is 0 Å². The molecule has 26 heavy (non-hydrogen) atoms. The van der Waals surface area contributed by atoms with Crippen LogP contribution in [0.5, 0.6) is 0 Å². The van der Waals surface area contributed by atoms with Crippen LogP contribution in [0.3, 0.4) is 0 Å². The zero-order valence-electron chi connectivity index (χ0n) is 15.6. The van der Waals surface area contributed by atoms with E-state index in [1.165, 1.54) is 0 Å². The Bertz CT molecular complexity index is 583. The number of ether oxygens (including phenoxy) is 2. The second kappa shape index (κ2) is 10.4. The number of benzene rings is 1. The van der Waals surface area contributed by atoms with Crippen molar-refractivity contribution in [2.45, 2.75) is 64.2 Å². The first kappa shape index (κ1) is 21.5. The van der Waals surface area contributed by atoms with E-state index >= 15 is 0 Å². The molecule has 0 aliphatic carbocycles. The minimum absolute atomic E-state index is 0.385. The van der Waals surface area contributed by atoms with E-state index in [0.717, 1.165) is 5.56 Å². The summed E-state index contributed by atoms with van der Waals surface area (Å²) >= 11 is 0. The van der Waals surface area contributed by atoms with E-state index < -0.39 is 23.8 Å². The third-order valence-electron chi connectivity index (χ3n) is 3.50. The average molecular weight is 364 g/mol. The van der Waals surface area contributed by atoms with Crippen LogP contribution in [-0.4, -0.2) is 36.2 Å². The molecule has 0 bridgehead atoms. The summed E-state index contributed by atoms with van der Waals surface area (Å²) < 4.78 is 10.3. The third-order valence-corrected chi connectivity index (χ3v) is 3.50. The molecule has 0 saturated carbocycles. The number of carbonyl (C=O) groups is 3. The first-order valence-corrected chi connectivity index (χ1v) is 8.64. The molecule has 2 unspecified atom stereocenters. The molecule has 144 valence electrons. The summed E-state index contributed by atoms with van der Waals surface area (Å²) in [6, 6.07) is 8.94. The predicted octanol–water partition coefficient (Wildman–Crippen LogP) is 2.96. The molecular formula is C19H28N2O5. The number of nitrogens with one attached hydrogen (secondary N) is 1. The fourth-order valence-electron chi connectivity index (χ4n) is 2.44. The Morgan fingerprint density at radius 1 is 1.19 bits per heavy atom. The van der Waals surface area contributed by atoms with Gasteiger partial charge in [-0.2, -0.15) is 0 Å². The molecule has 1 rings (SSSR count). The van der Waals surface area contributed by atoms with Gasteiger partial charge in [-0.1, -0.05) is 30.3 Å². The fraction of sp³-hybridized carbons (Fsp3) is 0.526. The lowest BCUT2D eigenvalue weighted by Gasteiger charge is -2.22. The molecule has 7 nitrogen and oxygen atoms in total. The summed E-state index contributed by atoms with van der Waals surface area (Å²) in [5.74, 6) is 0. The molecule has 0 aromatic heterocycles. The van der Waals surface area contributed by atoms with E-state index in [-0.39, 0.29) is 6.10 Å². The summed E-state index contributed by atoms with van der Waals surface area (Å²) in [5.41, 5.74) is 5.53. The van der Waals surface area contributed by atoms with Crippen LogP contribution in [0, 0.1) is 0 Å². The lowest BCUT2D eigenvalue weighted by atomic mass is 10.0. The number of aldehydes is 1. The van der Waals surface area contributed by atoms with E-state index in [0.29, 0.717) is 32.0 Å². The quantitative estimate of drug-likeness (QED) is 0.655. The highest BCUT2D eigenvalue weighted by atomic mass is 16.6. The van der Waals surface area contributed by atoms with Crippen molar-refractivity contribution in [2.75, 3.05) is 0 Å². The number of primary amides is 1. The highest BCUT2D eigenvalue weighted by Gasteiger charge is 2.20. The minimum Gasteiger partial charge on any atom is -0.446 e. The first-order valence-electron chi connectivity index (χ1n) is 8.64. The maximum Gasteiger partial charge on any atom is 0.408 e. The Morgan fingerprint density at radius 2 is 1.85 bits per heavy atom. The van der Waals surface area contributed by atoms with Gasteiger partial charge in [0.25, 0.3) is 0 Å². The molecular weight excluding hydrogens is 336 g/mol. The van der Waals surface area contributed by atoms with Crippen molar-refractivity contribution >= 4 is 18.5 Å². The van der Waals surface area contributed by atoms with E-state index in [1.54, 1.807) is 20.8 Å². The zero-order chi connectivity index (χ0) is 19.6. The van der Waals surface area contributed by atoms with Crippen LogP contribution in [0.4, 0.5) is 9.59 Å². The molecule has 2 atom stereocenters. The average Bonchev–Trinajstić information content (AvgIpc) is 2.52. The van der Waals surface area contributed by atoms with Crippen LogP contribution in [0.1, 0.15) is 45.6 Å². The molecule has 0 aliphatic rings. The van der Waals surface area contributed by atoms with Gasteiger partial charge < -0.3 is 25.3 Å². The number of nitrogens with two attached hydrogens (primary N) is 1. The van der Waals surface area contributed by atoms with Crippen molar-refractivity contribution < 1.29 is 23.9 Å². The van der Waals surface area contributed by atoms with Crippen molar-refractivity contribution in [1.82, 2.24) is 5.32 Å². The molecule has 1 aromatic carbocycles. The summed E-state index contributed by atoms with van der Waals surface area (Å²) in [4.78, 5) is 34.0. The molecule has 0 spiro atoms. The molecule has 1 aromatic rings. The largest absolute Gasteiger partial charge is 0.446 e. The van der Waals surface area contributed by atoms with E-state index in [1.807, 2.05) is 30.3 Å². The number of hydrogen-bond acceptors (Lipinski definition) is 5. The number of carbonyl (C=O) groups excluding carboxylic acids is 3. The molecule has 0 fully saturated rings. The van der Waals surface area contributed by atoms with Crippen LogP contribution in [0.25, 0.3) is 0 Å². The van der Waals surface area contributed by atoms with Gasteiger partial charge in [-0.25, -0.2) is 9.59 Å². The second-order valence-corrected chi connectivity index (χ2v) is 7.07. The van der Waals surface area contributed by atoms with E-state index in [9.17, 15) is 14.4 Å². The lowest BCUT2D eigenvalue weighted by Crippen LogP contribution is -2.40.